The molecule has 1 aliphatic heterocycles. The standard InChI is InChI=1S/C25H27N3O/c1-28-11-9-25(10-12-28)14-23(29)19-6-5-17(13-21(19)25)20-15-26-24-18(20)7-8-22(27-24)16-3-2-4-16/h5-8,13,15-16H,2-4,9-12,14H2,1H3,(H,26,27). The van der Waals surface area contributed by atoms with Crippen LogP contribution in [0.5, 0.6) is 0 Å². The SMILES string of the molecule is CN1CCC2(CC1)CC(=O)c1ccc(-c3c[nH]c4nc(C5CCC5)ccc34)cc12. The van der Waals surface area contributed by atoms with Crippen molar-refractivity contribution in [3.8, 4) is 11.1 Å². The van der Waals surface area contributed by atoms with E-state index in [4.69, 9.17) is 4.98 Å². The molecule has 0 atom stereocenters. The van der Waals surface area contributed by atoms with E-state index >= 15 is 0 Å². The van der Waals surface area contributed by atoms with Crippen molar-refractivity contribution < 1.29 is 4.79 Å². The number of Topliss-reactive ketones (excluding diaryl/α,β-unsaturated/α-hetero) is 1. The highest BCUT2D eigenvalue weighted by Crippen LogP contribution is 2.47. The van der Waals surface area contributed by atoms with E-state index in [0.717, 1.165) is 37.1 Å². The van der Waals surface area contributed by atoms with Gasteiger partial charge in [0, 0.05) is 46.2 Å². The number of hydrogen-bond donors (Lipinski definition) is 1. The van der Waals surface area contributed by atoms with E-state index in [0.29, 0.717) is 18.1 Å². The fourth-order valence-corrected chi connectivity index (χ4v) is 5.57. The molecule has 3 aliphatic rings. The Balaban J connectivity index is 1.42. The number of nitrogens with zero attached hydrogens (tertiary/aromatic N) is 2. The quantitative estimate of drug-likeness (QED) is 0.672. The molecule has 2 aliphatic carbocycles. The molecule has 4 heteroatoms. The first-order valence-corrected chi connectivity index (χ1v) is 11.0. The summed E-state index contributed by atoms with van der Waals surface area (Å²) in [5.74, 6) is 0.961. The molecule has 0 amide bonds. The minimum atomic E-state index is 0.0384. The summed E-state index contributed by atoms with van der Waals surface area (Å²) in [6.45, 7) is 2.13. The van der Waals surface area contributed by atoms with Crippen molar-refractivity contribution in [3.63, 3.8) is 0 Å². The first-order chi connectivity index (χ1) is 14.1. The lowest BCUT2D eigenvalue weighted by Crippen LogP contribution is -2.39. The number of aromatic nitrogens is 2. The van der Waals surface area contributed by atoms with Gasteiger partial charge in [-0.2, -0.15) is 0 Å². The Morgan fingerprint density at radius 1 is 1.10 bits per heavy atom. The van der Waals surface area contributed by atoms with Crippen LogP contribution in [0.15, 0.2) is 36.5 Å². The molecule has 3 aromatic rings. The third-order valence-electron chi connectivity index (χ3n) is 7.73. The van der Waals surface area contributed by atoms with Gasteiger partial charge >= 0.3 is 0 Å². The molecule has 4 nitrogen and oxygen atoms in total. The molecule has 0 unspecified atom stereocenters. The zero-order valence-corrected chi connectivity index (χ0v) is 17.0. The fourth-order valence-electron chi connectivity index (χ4n) is 5.57. The van der Waals surface area contributed by atoms with Crippen LogP contribution in [-0.2, 0) is 5.41 Å². The summed E-state index contributed by atoms with van der Waals surface area (Å²) in [7, 11) is 2.18. The lowest BCUT2D eigenvalue weighted by atomic mass is 9.73. The monoisotopic (exact) mass is 385 g/mol. The number of H-pyrrole nitrogens is 1. The second-order valence-electron chi connectivity index (χ2n) is 9.41. The minimum absolute atomic E-state index is 0.0384. The molecule has 1 aromatic carbocycles. The van der Waals surface area contributed by atoms with Crippen LogP contribution in [0.1, 0.15) is 66.1 Å². The maximum Gasteiger partial charge on any atom is 0.164 e. The molecule has 1 spiro atoms. The predicted molar refractivity (Wildman–Crippen MR) is 115 cm³/mol. The third kappa shape index (κ3) is 2.62. The number of fused-ring (bicyclic) bond motifs is 3. The molecule has 1 saturated heterocycles. The van der Waals surface area contributed by atoms with Crippen LogP contribution in [0.25, 0.3) is 22.2 Å². The predicted octanol–water partition coefficient (Wildman–Crippen LogP) is 5.05. The molecular formula is C25H27N3O. The second kappa shape index (κ2) is 6.27. The van der Waals surface area contributed by atoms with Gasteiger partial charge in [0.1, 0.15) is 5.65 Å². The Labute approximate surface area is 171 Å². The largest absolute Gasteiger partial charge is 0.346 e. The summed E-state index contributed by atoms with van der Waals surface area (Å²) in [5.41, 5.74) is 6.86. The van der Waals surface area contributed by atoms with Crippen molar-refractivity contribution in [2.24, 2.45) is 0 Å². The summed E-state index contributed by atoms with van der Waals surface area (Å²) >= 11 is 0. The van der Waals surface area contributed by atoms with Gasteiger partial charge in [-0.05, 0) is 75.1 Å². The van der Waals surface area contributed by atoms with Crippen LogP contribution in [0, 0.1) is 0 Å². The molecule has 1 saturated carbocycles. The fraction of sp³-hybridized carbons (Fsp3) is 0.440. The van der Waals surface area contributed by atoms with Crippen molar-refractivity contribution in [2.75, 3.05) is 20.1 Å². The number of rotatable bonds is 2. The van der Waals surface area contributed by atoms with Crippen LogP contribution in [0.4, 0.5) is 0 Å². The molecular weight excluding hydrogens is 358 g/mol. The number of piperidine rings is 1. The molecule has 2 aromatic heterocycles. The van der Waals surface area contributed by atoms with Crippen molar-refractivity contribution in [3.05, 3.63) is 53.3 Å². The summed E-state index contributed by atoms with van der Waals surface area (Å²) in [5, 5.41) is 1.18. The van der Waals surface area contributed by atoms with Gasteiger partial charge in [0.25, 0.3) is 0 Å². The number of aromatic amines is 1. The summed E-state index contributed by atoms with van der Waals surface area (Å²) in [6, 6.07) is 10.9. The van der Waals surface area contributed by atoms with Gasteiger partial charge in [-0.1, -0.05) is 18.6 Å². The number of carbonyl (C=O) groups excluding carboxylic acids is 1. The molecule has 0 radical (unpaired) electrons. The average molecular weight is 386 g/mol. The lowest BCUT2D eigenvalue weighted by molar-refractivity contribution is 0.0945. The normalized spacial score (nSPS) is 21.6. The van der Waals surface area contributed by atoms with Crippen LogP contribution < -0.4 is 0 Å². The van der Waals surface area contributed by atoms with Crippen LogP contribution in [0.2, 0.25) is 0 Å². The van der Waals surface area contributed by atoms with Crippen molar-refractivity contribution in [1.82, 2.24) is 14.9 Å². The topological polar surface area (TPSA) is 49.0 Å². The molecule has 3 heterocycles. The van der Waals surface area contributed by atoms with E-state index in [9.17, 15) is 4.79 Å². The van der Waals surface area contributed by atoms with Gasteiger partial charge in [-0.15, -0.1) is 0 Å². The number of hydrogen-bond acceptors (Lipinski definition) is 3. The summed E-state index contributed by atoms with van der Waals surface area (Å²) < 4.78 is 0. The Morgan fingerprint density at radius 3 is 2.69 bits per heavy atom. The number of carbonyl (C=O) groups is 1. The summed E-state index contributed by atoms with van der Waals surface area (Å²) in [4.78, 5) is 23.4. The Bertz CT molecular complexity index is 1120. The first-order valence-electron chi connectivity index (χ1n) is 11.0. The van der Waals surface area contributed by atoms with Crippen LogP contribution in [0.3, 0.4) is 0 Å². The van der Waals surface area contributed by atoms with E-state index in [1.807, 2.05) is 0 Å². The number of nitrogens with one attached hydrogen (secondary N) is 1. The van der Waals surface area contributed by atoms with Gasteiger partial charge in [0.05, 0.1) is 0 Å². The second-order valence-corrected chi connectivity index (χ2v) is 9.41. The van der Waals surface area contributed by atoms with Gasteiger partial charge < -0.3 is 9.88 Å². The molecule has 2 fully saturated rings. The third-order valence-corrected chi connectivity index (χ3v) is 7.73. The first kappa shape index (κ1) is 17.4. The lowest BCUT2D eigenvalue weighted by Gasteiger charge is -2.38. The Hall–Kier alpha value is -2.46. The highest BCUT2D eigenvalue weighted by molar-refractivity contribution is 6.03. The minimum Gasteiger partial charge on any atom is -0.346 e. The number of likely N-dealkylation sites (tertiary alicyclic amines) is 1. The number of pyridine rings is 1. The van der Waals surface area contributed by atoms with E-state index in [2.05, 4.69) is 53.5 Å². The van der Waals surface area contributed by atoms with E-state index in [1.54, 1.807) is 0 Å². The molecule has 29 heavy (non-hydrogen) atoms. The van der Waals surface area contributed by atoms with Crippen molar-refractivity contribution in [1.29, 1.82) is 0 Å². The molecule has 1 N–H and O–H groups in total. The van der Waals surface area contributed by atoms with Crippen LogP contribution >= 0.6 is 0 Å². The highest BCUT2D eigenvalue weighted by atomic mass is 16.1. The average Bonchev–Trinajstić information content (AvgIpc) is 3.22. The maximum absolute atomic E-state index is 12.7. The Morgan fingerprint density at radius 2 is 1.93 bits per heavy atom. The van der Waals surface area contributed by atoms with Crippen molar-refractivity contribution in [2.45, 2.75) is 49.9 Å². The zero-order chi connectivity index (χ0) is 19.6. The van der Waals surface area contributed by atoms with Gasteiger partial charge in [0.2, 0.25) is 0 Å². The van der Waals surface area contributed by atoms with E-state index in [-0.39, 0.29) is 5.41 Å². The molecule has 148 valence electrons. The maximum atomic E-state index is 12.7. The molecule has 6 rings (SSSR count). The highest BCUT2D eigenvalue weighted by Gasteiger charge is 2.44. The zero-order valence-electron chi connectivity index (χ0n) is 17.0. The van der Waals surface area contributed by atoms with Gasteiger partial charge in [-0.3, -0.25) is 4.79 Å². The van der Waals surface area contributed by atoms with Crippen molar-refractivity contribution >= 4 is 16.8 Å². The smallest absolute Gasteiger partial charge is 0.164 e. The van der Waals surface area contributed by atoms with E-state index < -0.39 is 0 Å². The van der Waals surface area contributed by atoms with E-state index in [1.165, 1.54) is 47.0 Å². The Kier molecular flexibility index (Phi) is 3.76. The summed E-state index contributed by atoms with van der Waals surface area (Å²) in [6.07, 6.45) is 8.77. The molecule has 0 bridgehead atoms. The van der Waals surface area contributed by atoms with Crippen LogP contribution in [-0.4, -0.2) is 40.8 Å². The van der Waals surface area contributed by atoms with Gasteiger partial charge in [0.15, 0.2) is 5.78 Å². The number of benzene rings is 1. The van der Waals surface area contributed by atoms with Gasteiger partial charge in [-0.25, -0.2) is 4.98 Å². The number of ketones is 1.